The number of sulfonamides is 1. The zero-order chi connectivity index (χ0) is 26.7. The van der Waals surface area contributed by atoms with Crippen LogP contribution in [-0.2, 0) is 21.9 Å². The molecule has 3 aromatic rings. The summed E-state index contributed by atoms with van der Waals surface area (Å²) < 4.78 is 34.3. The highest BCUT2D eigenvalue weighted by molar-refractivity contribution is 7.90. The minimum Gasteiger partial charge on any atom is -0.438 e. The lowest BCUT2D eigenvalue weighted by molar-refractivity contribution is 0.0978. The number of hydrogen-bond acceptors (Lipinski definition) is 7. The van der Waals surface area contributed by atoms with Crippen LogP contribution in [0.1, 0.15) is 65.6 Å². The van der Waals surface area contributed by atoms with Gasteiger partial charge in [0.05, 0.1) is 0 Å². The Labute approximate surface area is 213 Å². The molecule has 0 atom stereocenters. The molecule has 0 bridgehead atoms. The quantitative estimate of drug-likeness (QED) is 0.457. The van der Waals surface area contributed by atoms with Crippen molar-refractivity contribution in [1.29, 1.82) is 0 Å². The van der Waals surface area contributed by atoms with E-state index in [4.69, 9.17) is 10.5 Å². The van der Waals surface area contributed by atoms with E-state index in [1.54, 1.807) is 18.2 Å². The number of carbonyl (C=O) groups is 1. The van der Waals surface area contributed by atoms with Crippen LogP contribution in [0.4, 0.5) is 0 Å². The van der Waals surface area contributed by atoms with Crippen LogP contribution in [0.3, 0.4) is 0 Å². The number of hydrogen-bond donors (Lipinski definition) is 2. The van der Waals surface area contributed by atoms with Gasteiger partial charge in [0, 0.05) is 16.8 Å². The molecule has 36 heavy (non-hydrogen) atoms. The Balaban J connectivity index is 1.99. The number of benzene rings is 1. The SMILES string of the molecule is Cc1cc(C)c(Oc2nc(C(C)(C)C)ccc2C(=O)NS(=O)(=O)c2cccc(CCCN)n2)c(C)c1. The summed E-state index contributed by atoms with van der Waals surface area (Å²) in [7, 11) is -4.23. The first kappa shape index (κ1) is 27.3. The van der Waals surface area contributed by atoms with Crippen molar-refractivity contribution in [2.45, 2.75) is 64.8 Å². The van der Waals surface area contributed by atoms with Gasteiger partial charge in [-0.15, -0.1) is 0 Å². The zero-order valence-corrected chi connectivity index (χ0v) is 22.5. The van der Waals surface area contributed by atoms with E-state index in [1.165, 1.54) is 12.1 Å². The molecule has 0 aliphatic rings. The van der Waals surface area contributed by atoms with Crippen LogP contribution in [0.15, 0.2) is 47.5 Å². The van der Waals surface area contributed by atoms with Gasteiger partial charge in [0.1, 0.15) is 11.3 Å². The molecule has 0 aliphatic heterocycles. The number of ether oxygens (including phenoxy) is 1. The lowest BCUT2D eigenvalue weighted by atomic mass is 9.91. The molecular formula is C27H34N4O4S. The van der Waals surface area contributed by atoms with Gasteiger partial charge >= 0.3 is 0 Å². The average molecular weight is 511 g/mol. The first-order chi connectivity index (χ1) is 16.8. The molecule has 0 unspecified atom stereocenters. The number of carbonyl (C=O) groups excluding carboxylic acids is 1. The smallest absolute Gasteiger partial charge is 0.281 e. The number of pyridine rings is 2. The molecule has 1 amide bonds. The van der Waals surface area contributed by atoms with Gasteiger partial charge < -0.3 is 10.5 Å². The van der Waals surface area contributed by atoms with Crippen LogP contribution in [0, 0.1) is 20.8 Å². The minimum absolute atomic E-state index is 0.00485. The maximum atomic E-state index is 13.2. The van der Waals surface area contributed by atoms with Crippen LogP contribution in [-0.4, -0.2) is 30.8 Å². The molecule has 8 nitrogen and oxygen atoms in total. The Kier molecular flexibility index (Phi) is 8.15. The predicted molar refractivity (Wildman–Crippen MR) is 140 cm³/mol. The highest BCUT2D eigenvalue weighted by Gasteiger charge is 2.26. The summed E-state index contributed by atoms with van der Waals surface area (Å²) in [6.45, 7) is 12.3. The van der Waals surface area contributed by atoms with E-state index in [2.05, 4.69) is 14.7 Å². The van der Waals surface area contributed by atoms with Gasteiger partial charge in [-0.2, -0.15) is 8.42 Å². The van der Waals surface area contributed by atoms with Gasteiger partial charge in [0.2, 0.25) is 5.88 Å². The number of rotatable bonds is 8. The van der Waals surface area contributed by atoms with Crippen LogP contribution in [0.5, 0.6) is 11.6 Å². The zero-order valence-electron chi connectivity index (χ0n) is 21.7. The van der Waals surface area contributed by atoms with Gasteiger partial charge in [-0.05, 0) is 75.5 Å². The van der Waals surface area contributed by atoms with Crippen LogP contribution < -0.4 is 15.2 Å². The van der Waals surface area contributed by atoms with Crippen molar-refractivity contribution in [1.82, 2.24) is 14.7 Å². The third-order valence-corrected chi connectivity index (χ3v) is 6.83. The Bertz CT molecular complexity index is 1360. The second-order valence-corrected chi connectivity index (χ2v) is 11.6. The van der Waals surface area contributed by atoms with E-state index in [0.717, 1.165) is 16.7 Å². The normalized spacial score (nSPS) is 11.9. The van der Waals surface area contributed by atoms with Crippen LogP contribution in [0.2, 0.25) is 0 Å². The molecule has 0 radical (unpaired) electrons. The summed E-state index contributed by atoms with van der Waals surface area (Å²) in [6, 6.07) is 11.9. The maximum absolute atomic E-state index is 13.2. The highest BCUT2D eigenvalue weighted by Crippen LogP contribution is 2.33. The monoisotopic (exact) mass is 510 g/mol. The fraction of sp³-hybridized carbons (Fsp3) is 0.370. The van der Waals surface area contributed by atoms with Crippen LogP contribution in [0.25, 0.3) is 0 Å². The lowest BCUT2D eigenvalue weighted by Gasteiger charge is -2.21. The number of nitrogens with one attached hydrogen (secondary N) is 1. The largest absolute Gasteiger partial charge is 0.438 e. The number of aromatic nitrogens is 2. The maximum Gasteiger partial charge on any atom is 0.281 e. The molecule has 0 fully saturated rings. The molecule has 192 valence electrons. The van der Waals surface area contributed by atoms with Gasteiger partial charge in [0.15, 0.2) is 5.03 Å². The molecule has 9 heteroatoms. The number of amides is 1. The molecule has 0 saturated carbocycles. The first-order valence-electron chi connectivity index (χ1n) is 11.8. The molecule has 0 aliphatic carbocycles. The van der Waals surface area contributed by atoms with Gasteiger partial charge in [-0.3, -0.25) is 4.79 Å². The molecule has 2 aromatic heterocycles. The number of nitrogens with zero attached hydrogens (tertiary/aromatic N) is 2. The fourth-order valence-corrected chi connectivity index (χ4v) is 4.75. The van der Waals surface area contributed by atoms with E-state index in [-0.39, 0.29) is 21.9 Å². The molecule has 1 aromatic carbocycles. The summed E-state index contributed by atoms with van der Waals surface area (Å²) in [5, 5.41) is -0.239. The van der Waals surface area contributed by atoms with Crippen molar-refractivity contribution in [3.8, 4) is 11.6 Å². The fourth-order valence-electron chi connectivity index (χ4n) is 3.79. The number of nitrogens with two attached hydrogens (primary N) is 1. The third-order valence-electron chi connectivity index (χ3n) is 5.60. The second-order valence-electron chi connectivity index (χ2n) is 9.92. The van der Waals surface area contributed by atoms with Gasteiger partial charge in [-0.1, -0.05) is 44.5 Å². The highest BCUT2D eigenvalue weighted by atomic mass is 32.2. The number of aryl methyl sites for hydroxylation is 4. The minimum atomic E-state index is -4.23. The molecular weight excluding hydrogens is 476 g/mol. The standard InChI is InChI=1S/C27H34N4O4S/c1-17-15-18(2)24(19(3)16-17)35-26-21(12-13-22(30-26)27(4,5)6)25(32)31-36(33,34)23-11-7-9-20(29-23)10-8-14-28/h7,9,11-13,15-16H,8,10,14,28H2,1-6H3,(H,31,32). The van der Waals surface area contributed by atoms with Crippen molar-refractivity contribution in [3.63, 3.8) is 0 Å². The van der Waals surface area contributed by atoms with Gasteiger partial charge in [-0.25, -0.2) is 14.7 Å². The Morgan fingerprint density at radius 2 is 1.69 bits per heavy atom. The van der Waals surface area contributed by atoms with Crippen LogP contribution >= 0.6 is 0 Å². The van der Waals surface area contributed by atoms with Gasteiger partial charge in [0.25, 0.3) is 15.9 Å². The summed E-state index contributed by atoms with van der Waals surface area (Å²) in [6.07, 6.45) is 1.21. The summed E-state index contributed by atoms with van der Waals surface area (Å²) in [5.41, 5.74) is 9.37. The van der Waals surface area contributed by atoms with E-state index < -0.39 is 15.9 Å². The van der Waals surface area contributed by atoms with E-state index in [0.29, 0.717) is 36.5 Å². The summed E-state index contributed by atoms with van der Waals surface area (Å²) in [5.74, 6) is -0.241. The topological polar surface area (TPSA) is 124 Å². The average Bonchev–Trinajstić information content (AvgIpc) is 2.79. The van der Waals surface area contributed by atoms with E-state index >= 15 is 0 Å². The summed E-state index contributed by atoms with van der Waals surface area (Å²) in [4.78, 5) is 22.0. The molecule has 2 heterocycles. The summed E-state index contributed by atoms with van der Waals surface area (Å²) >= 11 is 0. The van der Waals surface area contributed by atoms with Crippen molar-refractivity contribution >= 4 is 15.9 Å². The van der Waals surface area contributed by atoms with E-state index in [9.17, 15) is 13.2 Å². The second kappa shape index (κ2) is 10.8. The molecule has 3 rings (SSSR count). The Morgan fingerprint density at radius 1 is 1.03 bits per heavy atom. The predicted octanol–water partition coefficient (Wildman–Crippen LogP) is 4.50. The Morgan fingerprint density at radius 3 is 2.31 bits per heavy atom. The lowest BCUT2D eigenvalue weighted by Crippen LogP contribution is -2.32. The van der Waals surface area contributed by atoms with Crippen molar-refractivity contribution in [3.05, 3.63) is 76.1 Å². The van der Waals surface area contributed by atoms with E-state index in [1.807, 2.05) is 53.7 Å². The first-order valence-corrected chi connectivity index (χ1v) is 13.3. The molecule has 0 spiro atoms. The Hall–Kier alpha value is -3.30. The molecule has 3 N–H and O–H groups in total. The third kappa shape index (κ3) is 6.47. The van der Waals surface area contributed by atoms with Crippen molar-refractivity contribution < 1.29 is 17.9 Å². The van der Waals surface area contributed by atoms with Crippen molar-refractivity contribution in [2.75, 3.05) is 6.54 Å². The molecule has 0 saturated heterocycles. The van der Waals surface area contributed by atoms with Crippen molar-refractivity contribution in [2.24, 2.45) is 5.73 Å².